The van der Waals surface area contributed by atoms with E-state index in [0.717, 1.165) is 30.0 Å². The number of nitriles is 1. The van der Waals surface area contributed by atoms with Gasteiger partial charge in [-0.15, -0.1) is 0 Å². The van der Waals surface area contributed by atoms with Crippen LogP contribution in [0.5, 0.6) is 5.75 Å². The van der Waals surface area contributed by atoms with Crippen LogP contribution in [0.2, 0.25) is 0 Å². The summed E-state index contributed by atoms with van der Waals surface area (Å²) >= 11 is 0. The first kappa shape index (κ1) is 14.8. The predicted octanol–water partition coefficient (Wildman–Crippen LogP) is 3.17. The van der Waals surface area contributed by atoms with Crippen LogP contribution in [0.15, 0.2) is 24.3 Å². The highest BCUT2D eigenvalue weighted by Crippen LogP contribution is 2.22. The third-order valence-corrected chi connectivity index (χ3v) is 2.51. The molecule has 1 N–H and O–H groups in total. The molecule has 0 saturated carbocycles. The zero-order valence-electron chi connectivity index (χ0n) is 10.9. The maximum atomic E-state index is 10.5. The molecule has 0 atom stereocenters. The van der Waals surface area contributed by atoms with Crippen molar-refractivity contribution in [2.24, 2.45) is 0 Å². The van der Waals surface area contributed by atoms with E-state index < -0.39 is 5.97 Å². The summed E-state index contributed by atoms with van der Waals surface area (Å²) < 4.78 is 5.62. The van der Waals surface area contributed by atoms with Gasteiger partial charge in [-0.25, -0.2) is 4.79 Å². The third kappa shape index (κ3) is 5.73. The third-order valence-electron chi connectivity index (χ3n) is 2.51. The van der Waals surface area contributed by atoms with Crippen molar-refractivity contribution in [1.82, 2.24) is 0 Å². The van der Waals surface area contributed by atoms with Crippen LogP contribution < -0.4 is 4.74 Å². The molecule has 0 aliphatic carbocycles. The Labute approximate surface area is 112 Å². The average Bonchev–Trinajstić information content (AvgIpc) is 2.38. The summed E-state index contributed by atoms with van der Waals surface area (Å²) in [6.07, 6.45) is 4.77. The first-order valence-electron chi connectivity index (χ1n) is 6.15. The van der Waals surface area contributed by atoms with Crippen LogP contribution in [0.1, 0.15) is 30.4 Å². The van der Waals surface area contributed by atoms with Gasteiger partial charge in [0.05, 0.1) is 12.7 Å². The molecule has 100 valence electrons. The van der Waals surface area contributed by atoms with Crippen LogP contribution in [0.4, 0.5) is 0 Å². The van der Waals surface area contributed by atoms with Crippen LogP contribution in [0.3, 0.4) is 0 Å². The first-order chi connectivity index (χ1) is 9.13. The average molecular weight is 259 g/mol. The molecule has 0 bridgehead atoms. The molecule has 1 aromatic carbocycles. The second-order valence-corrected chi connectivity index (χ2v) is 4.18. The first-order valence-corrected chi connectivity index (χ1v) is 6.15. The minimum atomic E-state index is -0.985. The Kier molecular flexibility index (Phi) is 6.17. The van der Waals surface area contributed by atoms with Crippen molar-refractivity contribution in [2.45, 2.75) is 26.2 Å². The fourth-order valence-corrected chi connectivity index (χ4v) is 1.58. The smallest absolute Gasteiger partial charge is 0.328 e. The molecule has 4 heteroatoms. The summed E-state index contributed by atoms with van der Waals surface area (Å²) in [4.78, 5) is 10.5. The van der Waals surface area contributed by atoms with Gasteiger partial charge in [0.15, 0.2) is 0 Å². The largest absolute Gasteiger partial charge is 0.493 e. The number of carboxylic acid groups (broad SMARTS) is 1. The monoisotopic (exact) mass is 259 g/mol. The van der Waals surface area contributed by atoms with Gasteiger partial charge in [-0.3, -0.25) is 0 Å². The van der Waals surface area contributed by atoms with Crippen molar-refractivity contribution in [3.05, 3.63) is 35.4 Å². The highest BCUT2D eigenvalue weighted by molar-refractivity contribution is 5.85. The SMILES string of the molecule is Cc1ccc(OCCCCC#N)c(C=CC(=O)O)c1. The molecule has 0 heterocycles. The summed E-state index contributed by atoms with van der Waals surface area (Å²) in [6, 6.07) is 7.72. The zero-order valence-corrected chi connectivity index (χ0v) is 10.9. The summed E-state index contributed by atoms with van der Waals surface area (Å²) in [7, 11) is 0. The lowest BCUT2D eigenvalue weighted by Crippen LogP contribution is -1.99. The van der Waals surface area contributed by atoms with Gasteiger partial charge in [-0.05, 0) is 38.0 Å². The molecule has 0 saturated heterocycles. The van der Waals surface area contributed by atoms with Crippen LogP contribution in [0.25, 0.3) is 6.08 Å². The van der Waals surface area contributed by atoms with Crippen molar-refractivity contribution in [3.8, 4) is 11.8 Å². The molecule has 0 aromatic heterocycles. The van der Waals surface area contributed by atoms with Gasteiger partial charge in [-0.1, -0.05) is 11.6 Å². The Balaban J connectivity index is 2.66. The maximum Gasteiger partial charge on any atom is 0.328 e. The van der Waals surface area contributed by atoms with Crippen molar-refractivity contribution >= 4 is 12.0 Å². The molecule has 4 nitrogen and oxygen atoms in total. The van der Waals surface area contributed by atoms with Gasteiger partial charge < -0.3 is 9.84 Å². The Morgan fingerprint density at radius 2 is 2.26 bits per heavy atom. The second-order valence-electron chi connectivity index (χ2n) is 4.18. The Hall–Kier alpha value is -2.28. The molecule has 1 rings (SSSR count). The van der Waals surface area contributed by atoms with Crippen molar-refractivity contribution < 1.29 is 14.6 Å². The Bertz CT molecular complexity index is 501. The topological polar surface area (TPSA) is 70.3 Å². The predicted molar refractivity (Wildman–Crippen MR) is 72.8 cm³/mol. The van der Waals surface area contributed by atoms with Crippen LogP contribution in [0, 0.1) is 18.3 Å². The normalized spacial score (nSPS) is 10.3. The summed E-state index contributed by atoms with van der Waals surface area (Å²) in [5, 5.41) is 17.1. The lowest BCUT2D eigenvalue weighted by atomic mass is 10.1. The lowest BCUT2D eigenvalue weighted by molar-refractivity contribution is -0.131. The molecule has 0 aliphatic rings. The van der Waals surface area contributed by atoms with Crippen LogP contribution in [-0.2, 0) is 4.79 Å². The second kappa shape index (κ2) is 7.93. The fraction of sp³-hybridized carbons (Fsp3) is 0.333. The molecule has 0 unspecified atom stereocenters. The summed E-state index contributed by atoms with van der Waals surface area (Å²) in [5.74, 6) is -0.318. The molecular formula is C15H17NO3. The highest BCUT2D eigenvalue weighted by atomic mass is 16.5. The van der Waals surface area contributed by atoms with E-state index in [1.807, 2.05) is 25.1 Å². The lowest BCUT2D eigenvalue weighted by Gasteiger charge is -2.09. The van der Waals surface area contributed by atoms with Gasteiger partial charge in [0.2, 0.25) is 0 Å². The number of carboxylic acids is 1. The minimum absolute atomic E-state index is 0.526. The number of carbonyl (C=O) groups is 1. The number of hydrogen-bond acceptors (Lipinski definition) is 3. The Morgan fingerprint density at radius 3 is 2.95 bits per heavy atom. The van der Waals surface area contributed by atoms with E-state index in [9.17, 15) is 4.79 Å². The number of benzene rings is 1. The van der Waals surface area contributed by atoms with Gasteiger partial charge >= 0.3 is 5.97 Å². The maximum absolute atomic E-state index is 10.5. The number of aryl methyl sites for hydroxylation is 1. The van der Waals surface area contributed by atoms with E-state index in [1.165, 1.54) is 6.08 Å². The molecular weight excluding hydrogens is 242 g/mol. The van der Waals surface area contributed by atoms with E-state index in [1.54, 1.807) is 0 Å². The molecule has 0 aliphatic heterocycles. The number of ether oxygens (including phenoxy) is 1. The molecule has 19 heavy (non-hydrogen) atoms. The number of unbranched alkanes of at least 4 members (excludes halogenated alkanes) is 2. The molecule has 0 fully saturated rings. The summed E-state index contributed by atoms with van der Waals surface area (Å²) in [5.41, 5.74) is 1.80. The van der Waals surface area contributed by atoms with Crippen LogP contribution >= 0.6 is 0 Å². The van der Waals surface area contributed by atoms with E-state index in [-0.39, 0.29) is 0 Å². The number of nitrogens with zero attached hydrogens (tertiary/aromatic N) is 1. The fourth-order valence-electron chi connectivity index (χ4n) is 1.58. The quantitative estimate of drug-likeness (QED) is 0.603. The Morgan fingerprint density at radius 1 is 1.47 bits per heavy atom. The van der Waals surface area contributed by atoms with E-state index in [4.69, 9.17) is 15.1 Å². The number of rotatable bonds is 7. The zero-order chi connectivity index (χ0) is 14.1. The minimum Gasteiger partial charge on any atom is -0.493 e. The van der Waals surface area contributed by atoms with Gasteiger partial charge in [0, 0.05) is 18.1 Å². The van der Waals surface area contributed by atoms with Crippen molar-refractivity contribution in [3.63, 3.8) is 0 Å². The van der Waals surface area contributed by atoms with Crippen molar-refractivity contribution in [1.29, 1.82) is 5.26 Å². The van der Waals surface area contributed by atoms with Gasteiger partial charge in [0.1, 0.15) is 5.75 Å². The van der Waals surface area contributed by atoms with Crippen LogP contribution in [-0.4, -0.2) is 17.7 Å². The standard InChI is InChI=1S/C15H17NO3/c1-12-5-7-14(19-10-4-2-3-9-16)13(11-12)6-8-15(17)18/h5-8,11H,2-4,10H2,1H3,(H,17,18). The van der Waals surface area contributed by atoms with E-state index >= 15 is 0 Å². The van der Waals surface area contributed by atoms with Gasteiger partial charge in [-0.2, -0.15) is 5.26 Å². The molecule has 0 amide bonds. The number of hydrogen-bond donors (Lipinski definition) is 1. The van der Waals surface area contributed by atoms with E-state index in [2.05, 4.69) is 6.07 Å². The number of aliphatic carboxylic acids is 1. The summed E-state index contributed by atoms with van der Waals surface area (Å²) in [6.45, 7) is 2.47. The molecule has 0 spiro atoms. The molecule has 0 radical (unpaired) electrons. The highest BCUT2D eigenvalue weighted by Gasteiger charge is 2.02. The van der Waals surface area contributed by atoms with E-state index in [0.29, 0.717) is 18.8 Å². The van der Waals surface area contributed by atoms with Crippen molar-refractivity contribution in [2.75, 3.05) is 6.61 Å². The van der Waals surface area contributed by atoms with Gasteiger partial charge in [0.25, 0.3) is 0 Å². The molecule has 1 aromatic rings.